The number of urea groups is 1. The highest BCUT2D eigenvalue weighted by molar-refractivity contribution is 5.76. The molecule has 1 atom stereocenters. The number of nitrogens with zero attached hydrogens (tertiary/aromatic N) is 1. The van der Waals surface area contributed by atoms with Gasteiger partial charge in [-0.1, -0.05) is 6.92 Å². The van der Waals surface area contributed by atoms with E-state index in [9.17, 15) is 9.59 Å². The summed E-state index contributed by atoms with van der Waals surface area (Å²) in [6.45, 7) is 8.90. The zero-order valence-corrected chi connectivity index (χ0v) is 12.5. The molecule has 2 amide bonds. The molecule has 0 aromatic rings. The molecule has 0 saturated heterocycles. The summed E-state index contributed by atoms with van der Waals surface area (Å²) >= 11 is 0. The lowest BCUT2D eigenvalue weighted by Gasteiger charge is -2.35. The van der Waals surface area contributed by atoms with Crippen molar-refractivity contribution in [3.05, 3.63) is 0 Å². The average Bonchev–Trinajstić information content (AvgIpc) is 2.24. The van der Waals surface area contributed by atoms with Crippen LogP contribution in [0.1, 0.15) is 34.1 Å². The van der Waals surface area contributed by atoms with E-state index in [0.717, 1.165) is 0 Å². The number of ether oxygens (including phenoxy) is 1. The van der Waals surface area contributed by atoms with E-state index in [1.165, 1.54) is 0 Å². The summed E-state index contributed by atoms with van der Waals surface area (Å²) in [5.41, 5.74) is -0.413. The monoisotopic (exact) mass is 274 g/mol. The number of carboxylic acid groups (broad SMARTS) is 1. The molecular weight excluding hydrogens is 248 g/mol. The van der Waals surface area contributed by atoms with Gasteiger partial charge in [-0.2, -0.15) is 0 Å². The molecule has 0 saturated carbocycles. The van der Waals surface area contributed by atoms with Crippen LogP contribution in [0.4, 0.5) is 4.79 Å². The highest BCUT2D eigenvalue weighted by Gasteiger charge is 2.26. The molecule has 0 spiro atoms. The molecule has 0 aromatic heterocycles. The summed E-state index contributed by atoms with van der Waals surface area (Å²) in [5, 5.41) is 11.5. The van der Waals surface area contributed by atoms with Gasteiger partial charge >= 0.3 is 12.0 Å². The zero-order valence-electron chi connectivity index (χ0n) is 12.5. The normalized spacial score (nSPS) is 12.9. The lowest BCUT2D eigenvalue weighted by molar-refractivity contribution is -0.137. The number of nitrogens with one attached hydrogen (secondary N) is 1. The van der Waals surface area contributed by atoms with Gasteiger partial charge in [-0.25, -0.2) is 4.79 Å². The minimum Gasteiger partial charge on any atom is -0.481 e. The second kappa shape index (κ2) is 7.99. The molecule has 0 aliphatic rings. The van der Waals surface area contributed by atoms with Gasteiger partial charge in [0.25, 0.3) is 0 Å². The topological polar surface area (TPSA) is 78.9 Å². The van der Waals surface area contributed by atoms with Crippen LogP contribution in [-0.4, -0.2) is 54.4 Å². The fourth-order valence-electron chi connectivity index (χ4n) is 1.65. The Hall–Kier alpha value is -1.30. The molecular formula is C13H26N2O4. The first-order valence-corrected chi connectivity index (χ1v) is 6.44. The summed E-state index contributed by atoms with van der Waals surface area (Å²) < 4.78 is 5.00. The van der Waals surface area contributed by atoms with Gasteiger partial charge in [-0.05, 0) is 26.7 Å². The third-order valence-electron chi connectivity index (χ3n) is 2.66. The highest BCUT2D eigenvalue weighted by atomic mass is 16.5. The van der Waals surface area contributed by atoms with E-state index in [2.05, 4.69) is 5.32 Å². The highest BCUT2D eigenvalue weighted by Crippen LogP contribution is 2.14. The van der Waals surface area contributed by atoms with Crippen molar-refractivity contribution in [2.24, 2.45) is 5.92 Å². The van der Waals surface area contributed by atoms with Gasteiger partial charge in [0.05, 0.1) is 13.0 Å². The molecule has 2 N–H and O–H groups in total. The van der Waals surface area contributed by atoms with Crippen LogP contribution in [0, 0.1) is 5.92 Å². The van der Waals surface area contributed by atoms with Crippen molar-refractivity contribution in [1.29, 1.82) is 0 Å². The Morgan fingerprint density at radius 2 is 1.95 bits per heavy atom. The maximum atomic E-state index is 12.1. The number of methoxy groups -OCH3 is 1. The van der Waals surface area contributed by atoms with Crippen molar-refractivity contribution >= 4 is 12.0 Å². The summed E-state index contributed by atoms with van der Waals surface area (Å²) in [6, 6.07) is -0.239. The van der Waals surface area contributed by atoms with Crippen LogP contribution in [0.15, 0.2) is 0 Å². The molecule has 0 aliphatic heterocycles. The molecule has 6 nitrogen and oxygen atoms in total. The Morgan fingerprint density at radius 1 is 1.37 bits per heavy atom. The zero-order chi connectivity index (χ0) is 15.1. The lowest BCUT2D eigenvalue weighted by Crippen LogP contribution is -2.51. The first-order valence-electron chi connectivity index (χ1n) is 6.44. The standard InChI is InChI=1S/C13H26N2O4/c1-10(9-19-5)8-14-12(18)15(13(2,3)4)7-6-11(16)17/h10H,6-9H2,1-5H3,(H,14,18)(H,16,17). The van der Waals surface area contributed by atoms with Crippen molar-refractivity contribution in [3.63, 3.8) is 0 Å². The SMILES string of the molecule is COCC(C)CNC(=O)N(CCC(=O)O)C(C)(C)C. The molecule has 0 heterocycles. The molecule has 0 fully saturated rings. The predicted molar refractivity (Wildman–Crippen MR) is 73.2 cm³/mol. The number of hydrogen-bond acceptors (Lipinski definition) is 3. The van der Waals surface area contributed by atoms with E-state index in [1.54, 1.807) is 12.0 Å². The Kier molecular flexibility index (Phi) is 7.44. The lowest BCUT2D eigenvalue weighted by atomic mass is 10.1. The smallest absolute Gasteiger partial charge is 0.317 e. The van der Waals surface area contributed by atoms with Gasteiger partial charge < -0.3 is 20.1 Å². The van der Waals surface area contributed by atoms with Crippen LogP contribution < -0.4 is 5.32 Å². The third-order valence-corrected chi connectivity index (χ3v) is 2.66. The van der Waals surface area contributed by atoms with Crippen molar-refractivity contribution < 1.29 is 19.4 Å². The number of rotatable bonds is 7. The van der Waals surface area contributed by atoms with E-state index in [0.29, 0.717) is 13.2 Å². The average molecular weight is 274 g/mol. The molecule has 0 rings (SSSR count). The van der Waals surface area contributed by atoms with Crippen LogP contribution in [0.3, 0.4) is 0 Å². The summed E-state index contributed by atoms with van der Waals surface area (Å²) in [7, 11) is 1.62. The summed E-state index contributed by atoms with van der Waals surface area (Å²) in [6.07, 6.45) is -0.0572. The first kappa shape index (κ1) is 17.7. The maximum Gasteiger partial charge on any atom is 0.317 e. The first-order chi connectivity index (χ1) is 8.68. The predicted octanol–water partition coefficient (Wildman–Crippen LogP) is 1.55. The Balaban J connectivity index is 4.43. The summed E-state index contributed by atoms with van der Waals surface area (Å²) in [4.78, 5) is 24.3. The number of amides is 2. The van der Waals surface area contributed by atoms with Crippen LogP contribution in [0.2, 0.25) is 0 Å². The van der Waals surface area contributed by atoms with E-state index < -0.39 is 11.5 Å². The van der Waals surface area contributed by atoms with E-state index in [4.69, 9.17) is 9.84 Å². The molecule has 6 heteroatoms. The van der Waals surface area contributed by atoms with Gasteiger partial charge in [0, 0.05) is 25.7 Å². The quantitative estimate of drug-likeness (QED) is 0.738. The largest absolute Gasteiger partial charge is 0.481 e. The third kappa shape index (κ3) is 7.66. The van der Waals surface area contributed by atoms with Crippen molar-refractivity contribution in [2.45, 2.75) is 39.7 Å². The number of hydrogen-bond donors (Lipinski definition) is 2. The minimum absolute atomic E-state index is 0.0572. The van der Waals surface area contributed by atoms with Crippen LogP contribution >= 0.6 is 0 Å². The second-order valence-electron chi connectivity index (χ2n) is 5.71. The van der Waals surface area contributed by atoms with Gasteiger partial charge in [-0.15, -0.1) is 0 Å². The molecule has 0 aromatic carbocycles. The van der Waals surface area contributed by atoms with Crippen molar-refractivity contribution in [3.8, 4) is 0 Å². The van der Waals surface area contributed by atoms with Crippen molar-refractivity contribution in [2.75, 3.05) is 26.8 Å². The minimum atomic E-state index is -0.908. The molecule has 0 radical (unpaired) electrons. The van der Waals surface area contributed by atoms with Gasteiger partial charge in [-0.3, -0.25) is 4.79 Å². The number of carbonyl (C=O) groups is 2. The Bertz CT molecular complexity index is 300. The van der Waals surface area contributed by atoms with Crippen LogP contribution in [0.5, 0.6) is 0 Å². The second-order valence-corrected chi connectivity index (χ2v) is 5.71. The van der Waals surface area contributed by atoms with Gasteiger partial charge in [0.1, 0.15) is 0 Å². The Morgan fingerprint density at radius 3 is 2.37 bits per heavy atom. The number of carbonyl (C=O) groups excluding carboxylic acids is 1. The fourth-order valence-corrected chi connectivity index (χ4v) is 1.65. The summed E-state index contributed by atoms with van der Waals surface area (Å²) in [5.74, 6) is -0.690. The number of carboxylic acids is 1. The molecule has 19 heavy (non-hydrogen) atoms. The Labute approximate surface area is 115 Å². The maximum absolute atomic E-state index is 12.1. The van der Waals surface area contributed by atoms with Gasteiger partial charge in [0.2, 0.25) is 0 Å². The van der Waals surface area contributed by atoms with E-state index in [-0.39, 0.29) is 24.9 Å². The van der Waals surface area contributed by atoms with E-state index in [1.807, 2.05) is 27.7 Å². The fraction of sp³-hybridized carbons (Fsp3) is 0.846. The van der Waals surface area contributed by atoms with Gasteiger partial charge in [0.15, 0.2) is 0 Å². The van der Waals surface area contributed by atoms with Crippen LogP contribution in [0.25, 0.3) is 0 Å². The molecule has 1 unspecified atom stereocenters. The molecule has 0 bridgehead atoms. The van der Waals surface area contributed by atoms with Crippen LogP contribution in [-0.2, 0) is 9.53 Å². The molecule has 112 valence electrons. The van der Waals surface area contributed by atoms with Crippen molar-refractivity contribution in [1.82, 2.24) is 10.2 Å². The van der Waals surface area contributed by atoms with E-state index >= 15 is 0 Å². The number of aliphatic carboxylic acids is 1. The molecule has 0 aliphatic carbocycles.